The molecule has 0 aromatic heterocycles. The number of esters is 1. The number of hydrogen-bond acceptors (Lipinski definition) is 4. The number of alkyl halides is 3. The number of nitrogens with one attached hydrogen (secondary N) is 1. The molecule has 0 bridgehead atoms. The Bertz CT molecular complexity index is 1280. The van der Waals surface area contributed by atoms with Crippen molar-refractivity contribution in [1.29, 1.82) is 0 Å². The number of amides is 1. The quantitative estimate of drug-likeness (QED) is 0.249. The summed E-state index contributed by atoms with van der Waals surface area (Å²) in [4.78, 5) is 23.6. The average Bonchev–Trinajstić information content (AvgIpc) is 2.90. The van der Waals surface area contributed by atoms with Gasteiger partial charge in [0.15, 0.2) is 0 Å². The summed E-state index contributed by atoms with van der Waals surface area (Å²) in [6, 6.07) is 16.4. The van der Waals surface area contributed by atoms with Crippen LogP contribution in [0.2, 0.25) is 0 Å². The standard InChI is InChI=1S/C32H36F3NO4/c1-20(2)16-26(23-6-8-25(9-7-23)31(38)36-15-14-29(37)39-5)19-40-28-17-21(3)30(22(4)18-28)24-10-12-27(13-11-24)32(33,34)35/h6-13,17-18,20,26H,14-16,19H2,1-5H3,(H,36,38). The Balaban J connectivity index is 1.71. The maximum Gasteiger partial charge on any atom is 0.416 e. The summed E-state index contributed by atoms with van der Waals surface area (Å²) in [7, 11) is 1.31. The van der Waals surface area contributed by atoms with Gasteiger partial charge in [-0.15, -0.1) is 0 Å². The number of hydrogen-bond donors (Lipinski definition) is 1. The Labute approximate surface area is 233 Å². The van der Waals surface area contributed by atoms with Crippen molar-refractivity contribution in [2.45, 2.75) is 52.6 Å². The number of rotatable bonds is 11. The predicted molar refractivity (Wildman–Crippen MR) is 149 cm³/mol. The van der Waals surface area contributed by atoms with Gasteiger partial charge in [-0.05, 0) is 90.4 Å². The fourth-order valence-electron chi connectivity index (χ4n) is 4.74. The van der Waals surface area contributed by atoms with E-state index in [9.17, 15) is 22.8 Å². The molecule has 0 radical (unpaired) electrons. The summed E-state index contributed by atoms with van der Waals surface area (Å²) in [5.74, 6) is 0.561. The molecule has 3 aromatic rings. The summed E-state index contributed by atoms with van der Waals surface area (Å²) in [5.41, 5.74) is 4.32. The highest BCUT2D eigenvalue weighted by molar-refractivity contribution is 5.94. The summed E-state index contributed by atoms with van der Waals surface area (Å²) >= 11 is 0. The van der Waals surface area contributed by atoms with E-state index in [1.54, 1.807) is 12.1 Å². The van der Waals surface area contributed by atoms with E-state index in [2.05, 4.69) is 23.9 Å². The molecule has 0 saturated carbocycles. The largest absolute Gasteiger partial charge is 0.493 e. The lowest BCUT2D eigenvalue weighted by Gasteiger charge is -2.21. The van der Waals surface area contributed by atoms with Crippen molar-refractivity contribution in [3.05, 3.63) is 88.5 Å². The van der Waals surface area contributed by atoms with Crippen LogP contribution in [0.1, 0.15) is 65.2 Å². The highest BCUT2D eigenvalue weighted by Gasteiger charge is 2.30. The molecule has 1 atom stereocenters. The van der Waals surface area contributed by atoms with E-state index in [4.69, 9.17) is 4.74 Å². The number of methoxy groups -OCH3 is 1. The molecular formula is C32H36F3NO4. The maximum atomic E-state index is 13.0. The van der Waals surface area contributed by atoms with Gasteiger partial charge >= 0.3 is 12.1 Å². The molecule has 1 unspecified atom stereocenters. The van der Waals surface area contributed by atoms with Crippen LogP contribution in [0.15, 0.2) is 60.7 Å². The Hall–Kier alpha value is -3.81. The molecule has 1 N–H and O–H groups in total. The molecule has 3 aromatic carbocycles. The molecule has 0 saturated heterocycles. The van der Waals surface area contributed by atoms with E-state index in [0.717, 1.165) is 46.4 Å². The van der Waals surface area contributed by atoms with Gasteiger partial charge in [0.1, 0.15) is 5.75 Å². The minimum atomic E-state index is -4.37. The molecule has 0 aliphatic carbocycles. The summed E-state index contributed by atoms with van der Waals surface area (Å²) < 4.78 is 49.7. The van der Waals surface area contributed by atoms with Crippen molar-refractivity contribution in [3.8, 4) is 16.9 Å². The molecule has 3 rings (SSSR count). The fraction of sp³-hybridized carbons (Fsp3) is 0.375. The van der Waals surface area contributed by atoms with Crippen LogP contribution in [0.25, 0.3) is 11.1 Å². The molecule has 40 heavy (non-hydrogen) atoms. The molecule has 0 aliphatic rings. The van der Waals surface area contributed by atoms with Crippen molar-refractivity contribution < 1.29 is 32.2 Å². The lowest BCUT2D eigenvalue weighted by Crippen LogP contribution is -2.26. The van der Waals surface area contributed by atoms with Crippen molar-refractivity contribution in [1.82, 2.24) is 5.32 Å². The summed E-state index contributed by atoms with van der Waals surface area (Å²) in [6.07, 6.45) is -3.38. The topological polar surface area (TPSA) is 64.6 Å². The van der Waals surface area contributed by atoms with Gasteiger partial charge in [-0.1, -0.05) is 38.1 Å². The Morgan fingerprint density at radius 2 is 1.52 bits per heavy atom. The summed E-state index contributed by atoms with van der Waals surface area (Å²) in [6.45, 7) is 8.77. The third kappa shape index (κ3) is 8.34. The van der Waals surface area contributed by atoms with Crippen LogP contribution in [0.3, 0.4) is 0 Å². The second kappa shape index (κ2) is 13.5. The summed E-state index contributed by atoms with van der Waals surface area (Å²) in [5, 5.41) is 2.71. The van der Waals surface area contributed by atoms with Crippen molar-refractivity contribution in [2.24, 2.45) is 5.92 Å². The molecule has 0 spiro atoms. The smallest absolute Gasteiger partial charge is 0.416 e. The van der Waals surface area contributed by atoms with Crippen LogP contribution in [0, 0.1) is 19.8 Å². The van der Waals surface area contributed by atoms with Gasteiger partial charge in [0, 0.05) is 18.0 Å². The van der Waals surface area contributed by atoms with Crippen LogP contribution >= 0.6 is 0 Å². The lowest BCUT2D eigenvalue weighted by molar-refractivity contribution is -0.140. The molecule has 0 heterocycles. The Morgan fingerprint density at radius 1 is 0.925 bits per heavy atom. The van der Waals surface area contributed by atoms with Crippen LogP contribution in [0.5, 0.6) is 5.75 Å². The van der Waals surface area contributed by atoms with Crippen molar-refractivity contribution in [2.75, 3.05) is 20.3 Å². The second-order valence-electron chi connectivity index (χ2n) is 10.3. The normalized spacial score (nSPS) is 12.2. The van der Waals surface area contributed by atoms with Crippen LogP contribution < -0.4 is 10.1 Å². The van der Waals surface area contributed by atoms with Gasteiger partial charge in [0.2, 0.25) is 0 Å². The molecule has 5 nitrogen and oxygen atoms in total. The van der Waals surface area contributed by atoms with E-state index in [0.29, 0.717) is 23.8 Å². The van der Waals surface area contributed by atoms with Gasteiger partial charge < -0.3 is 14.8 Å². The third-order valence-corrected chi connectivity index (χ3v) is 6.70. The SMILES string of the molecule is COC(=O)CCNC(=O)c1ccc(C(COc2cc(C)c(-c3ccc(C(F)(F)F)cc3)c(C)c2)CC(C)C)cc1. The molecule has 214 valence electrons. The minimum Gasteiger partial charge on any atom is -0.493 e. The predicted octanol–water partition coefficient (Wildman–Crippen LogP) is 7.49. The zero-order valence-electron chi connectivity index (χ0n) is 23.5. The maximum absolute atomic E-state index is 13.0. The fourth-order valence-corrected chi connectivity index (χ4v) is 4.74. The average molecular weight is 556 g/mol. The van der Waals surface area contributed by atoms with E-state index in [1.165, 1.54) is 19.2 Å². The van der Waals surface area contributed by atoms with Crippen LogP contribution in [-0.4, -0.2) is 32.1 Å². The number of ether oxygens (including phenoxy) is 2. The molecular weight excluding hydrogens is 519 g/mol. The second-order valence-corrected chi connectivity index (χ2v) is 10.3. The third-order valence-electron chi connectivity index (χ3n) is 6.70. The lowest BCUT2D eigenvalue weighted by atomic mass is 9.90. The van der Waals surface area contributed by atoms with E-state index in [-0.39, 0.29) is 30.8 Å². The highest BCUT2D eigenvalue weighted by Crippen LogP contribution is 2.35. The first kappa shape index (κ1) is 30.7. The first-order valence-electron chi connectivity index (χ1n) is 13.3. The highest BCUT2D eigenvalue weighted by atomic mass is 19.4. The molecule has 0 fully saturated rings. The number of aryl methyl sites for hydroxylation is 2. The minimum absolute atomic E-state index is 0.0895. The van der Waals surface area contributed by atoms with Gasteiger partial charge in [-0.25, -0.2) is 0 Å². The monoisotopic (exact) mass is 555 g/mol. The number of carbonyl (C=O) groups is 2. The number of benzene rings is 3. The number of carbonyl (C=O) groups excluding carboxylic acids is 2. The van der Waals surface area contributed by atoms with E-state index < -0.39 is 11.7 Å². The first-order chi connectivity index (χ1) is 18.9. The van der Waals surface area contributed by atoms with Crippen LogP contribution in [0.4, 0.5) is 13.2 Å². The zero-order valence-corrected chi connectivity index (χ0v) is 23.5. The van der Waals surface area contributed by atoms with Crippen molar-refractivity contribution >= 4 is 11.9 Å². The zero-order chi connectivity index (χ0) is 29.4. The van der Waals surface area contributed by atoms with E-state index >= 15 is 0 Å². The Morgan fingerprint density at radius 3 is 2.05 bits per heavy atom. The first-order valence-corrected chi connectivity index (χ1v) is 13.3. The van der Waals surface area contributed by atoms with Crippen LogP contribution in [-0.2, 0) is 15.7 Å². The number of halogens is 3. The van der Waals surface area contributed by atoms with Gasteiger partial charge in [-0.2, -0.15) is 13.2 Å². The molecule has 1 amide bonds. The van der Waals surface area contributed by atoms with Gasteiger partial charge in [0.05, 0.1) is 25.7 Å². The Kier molecular flexibility index (Phi) is 10.4. The van der Waals surface area contributed by atoms with E-state index in [1.807, 2.05) is 38.1 Å². The molecule has 0 aliphatic heterocycles. The van der Waals surface area contributed by atoms with Crippen molar-refractivity contribution in [3.63, 3.8) is 0 Å². The van der Waals surface area contributed by atoms with Gasteiger partial charge in [-0.3, -0.25) is 9.59 Å². The molecule has 8 heteroatoms. The van der Waals surface area contributed by atoms with Gasteiger partial charge in [0.25, 0.3) is 5.91 Å².